The number of aromatic carboxylic acids is 1. The molecule has 0 spiro atoms. The number of benzene rings is 1. The Morgan fingerprint density at radius 3 is 2.68 bits per heavy atom. The molecule has 0 bridgehead atoms. The maximum Gasteiger partial charge on any atom is 0.335 e. The Kier molecular flexibility index (Phi) is 4.63. The molecule has 0 aliphatic rings. The van der Waals surface area contributed by atoms with E-state index in [0.29, 0.717) is 16.8 Å². The molecule has 2 rings (SSSR count). The zero-order chi connectivity index (χ0) is 16.1. The summed E-state index contributed by atoms with van der Waals surface area (Å²) in [7, 11) is 0. The van der Waals surface area contributed by atoms with Crippen LogP contribution in [0.4, 0.5) is 10.1 Å². The third-order valence-electron chi connectivity index (χ3n) is 2.88. The van der Waals surface area contributed by atoms with Crippen molar-refractivity contribution in [1.82, 2.24) is 4.98 Å². The fourth-order valence-corrected chi connectivity index (χ4v) is 1.86. The number of carboxylic acids is 1. The van der Waals surface area contributed by atoms with Crippen LogP contribution in [0.5, 0.6) is 0 Å². The van der Waals surface area contributed by atoms with Crippen molar-refractivity contribution in [1.29, 1.82) is 0 Å². The monoisotopic (exact) mass is 300 g/mol. The molecule has 0 saturated carbocycles. The van der Waals surface area contributed by atoms with Gasteiger partial charge < -0.3 is 10.4 Å². The molecule has 0 saturated heterocycles. The Morgan fingerprint density at radius 2 is 2.05 bits per heavy atom. The minimum absolute atomic E-state index is 0.180. The highest BCUT2D eigenvalue weighted by molar-refractivity contribution is 6.02. The number of halogens is 1. The fraction of sp³-hybridized carbons (Fsp3) is 0.0625. The largest absolute Gasteiger partial charge is 0.478 e. The van der Waals surface area contributed by atoms with Gasteiger partial charge in [-0.1, -0.05) is 0 Å². The molecule has 0 fully saturated rings. The van der Waals surface area contributed by atoms with Gasteiger partial charge in [0.2, 0.25) is 5.91 Å². The molecule has 1 amide bonds. The van der Waals surface area contributed by atoms with E-state index in [1.165, 1.54) is 36.5 Å². The second-order valence-corrected chi connectivity index (χ2v) is 4.59. The van der Waals surface area contributed by atoms with Crippen LogP contribution < -0.4 is 5.32 Å². The Bertz CT molecular complexity index is 757. The number of carbonyl (C=O) groups excluding carboxylic acids is 1. The van der Waals surface area contributed by atoms with E-state index in [1.54, 1.807) is 13.0 Å². The molecule has 0 aliphatic heterocycles. The van der Waals surface area contributed by atoms with Crippen LogP contribution in [0.3, 0.4) is 0 Å². The summed E-state index contributed by atoms with van der Waals surface area (Å²) >= 11 is 0. The van der Waals surface area contributed by atoms with E-state index in [9.17, 15) is 14.0 Å². The fourth-order valence-electron chi connectivity index (χ4n) is 1.86. The molecule has 1 aromatic heterocycles. The molecule has 0 radical (unpaired) electrons. The van der Waals surface area contributed by atoms with Crippen molar-refractivity contribution in [3.05, 3.63) is 65.2 Å². The highest BCUT2D eigenvalue weighted by Crippen LogP contribution is 2.15. The number of rotatable bonds is 4. The van der Waals surface area contributed by atoms with Crippen LogP contribution in [0, 0.1) is 12.7 Å². The van der Waals surface area contributed by atoms with Gasteiger partial charge in [0.25, 0.3) is 0 Å². The number of carbonyl (C=O) groups is 2. The number of nitrogens with one attached hydrogen (secondary N) is 1. The van der Waals surface area contributed by atoms with E-state index in [4.69, 9.17) is 5.11 Å². The van der Waals surface area contributed by atoms with E-state index in [-0.39, 0.29) is 5.56 Å². The van der Waals surface area contributed by atoms with Crippen molar-refractivity contribution in [3.63, 3.8) is 0 Å². The van der Waals surface area contributed by atoms with Crippen molar-refractivity contribution >= 4 is 23.6 Å². The SMILES string of the molecule is Cc1cc(NC(=O)/C=C/c2cncc(F)c2)ccc1C(=O)O. The lowest BCUT2D eigenvalue weighted by atomic mass is 10.1. The number of hydrogen-bond donors (Lipinski definition) is 2. The highest BCUT2D eigenvalue weighted by atomic mass is 19.1. The Hall–Kier alpha value is -3.02. The number of nitrogens with zero attached hydrogens (tertiary/aromatic N) is 1. The van der Waals surface area contributed by atoms with Crippen molar-refractivity contribution in [2.45, 2.75) is 6.92 Å². The number of aryl methyl sites for hydroxylation is 1. The molecule has 2 aromatic rings. The molecule has 22 heavy (non-hydrogen) atoms. The van der Waals surface area contributed by atoms with E-state index in [0.717, 1.165) is 6.20 Å². The summed E-state index contributed by atoms with van der Waals surface area (Å²) in [6, 6.07) is 5.75. The second-order valence-electron chi connectivity index (χ2n) is 4.59. The van der Waals surface area contributed by atoms with E-state index < -0.39 is 17.7 Å². The van der Waals surface area contributed by atoms with Gasteiger partial charge in [0.1, 0.15) is 5.82 Å². The van der Waals surface area contributed by atoms with Crippen molar-refractivity contribution < 1.29 is 19.1 Å². The van der Waals surface area contributed by atoms with Gasteiger partial charge in [-0.2, -0.15) is 0 Å². The lowest BCUT2D eigenvalue weighted by Crippen LogP contribution is -2.09. The first-order valence-corrected chi connectivity index (χ1v) is 6.39. The first-order valence-electron chi connectivity index (χ1n) is 6.39. The number of amides is 1. The minimum atomic E-state index is -1.02. The summed E-state index contributed by atoms with van der Waals surface area (Å²) in [5.41, 5.74) is 1.67. The standard InChI is InChI=1S/C16H13FN2O3/c1-10-6-13(3-4-14(10)16(21)22)19-15(20)5-2-11-7-12(17)9-18-8-11/h2-9H,1H3,(H,19,20)(H,21,22)/b5-2+. The second kappa shape index (κ2) is 6.62. The molecule has 0 unspecified atom stereocenters. The first kappa shape index (κ1) is 15.4. The van der Waals surface area contributed by atoms with Crippen LogP contribution in [0.25, 0.3) is 6.08 Å². The Morgan fingerprint density at radius 1 is 1.27 bits per heavy atom. The van der Waals surface area contributed by atoms with Gasteiger partial charge in [-0.15, -0.1) is 0 Å². The summed E-state index contributed by atoms with van der Waals surface area (Å²) in [5.74, 6) is -1.91. The van der Waals surface area contributed by atoms with Crippen molar-refractivity contribution in [2.75, 3.05) is 5.32 Å². The minimum Gasteiger partial charge on any atom is -0.478 e. The molecule has 0 atom stereocenters. The van der Waals surface area contributed by atoms with Gasteiger partial charge in [0, 0.05) is 18.0 Å². The van der Waals surface area contributed by atoms with Crippen LogP contribution in [-0.2, 0) is 4.79 Å². The van der Waals surface area contributed by atoms with Gasteiger partial charge in [-0.25, -0.2) is 9.18 Å². The summed E-state index contributed by atoms with van der Waals surface area (Å²) in [4.78, 5) is 26.3. The van der Waals surface area contributed by atoms with Crippen molar-refractivity contribution in [2.24, 2.45) is 0 Å². The van der Waals surface area contributed by atoms with Gasteiger partial charge in [0.05, 0.1) is 11.8 Å². The Labute approximate surface area is 126 Å². The number of pyridine rings is 1. The summed E-state index contributed by atoms with van der Waals surface area (Å²) in [5, 5.41) is 11.5. The maximum atomic E-state index is 12.9. The predicted molar refractivity (Wildman–Crippen MR) is 80.0 cm³/mol. The zero-order valence-corrected chi connectivity index (χ0v) is 11.7. The number of aromatic nitrogens is 1. The van der Waals surface area contributed by atoms with E-state index in [2.05, 4.69) is 10.3 Å². The lowest BCUT2D eigenvalue weighted by molar-refractivity contribution is -0.111. The number of anilines is 1. The topological polar surface area (TPSA) is 79.3 Å². The third kappa shape index (κ3) is 3.99. The highest BCUT2D eigenvalue weighted by Gasteiger charge is 2.07. The van der Waals surface area contributed by atoms with Crippen LogP contribution in [0.1, 0.15) is 21.5 Å². The van der Waals surface area contributed by atoms with E-state index >= 15 is 0 Å². The Balaban J connectivity index is 2.06. The number of carboxylic acid groups (broad SMARTS) is 1. The molecule has 6 heteroatoms. The van der Waals surface area contributed by atoms with Gasteiger partial charge in [-0.3, -0.25) is 9.78 Å². The van der Waals surface area contributed by atoms with Crippen LogP contribution in [-0.4, -0.2) is 22.0 Å². The smallest absolute Gasteiger partial charge is 0.335 e. The van der Waals surface area contributed by atoms with Crippen molar-refractivity contribution in [3.8, 4) is 0 Å². The quantitative estimate of drug-likeness (QED) is 0.851. The normalized spacial score (nSPS) is 10.6. The van der Waals surface area contributed by atoms with Gasteiger partial charge >= 0.3 is 5.97 Å². The molecule has 2 N–H and O–H groups in total. The molecule has 1 aromatic carbocycles. The zero-order valence-electron chi connectivity index (χ0n) is 11.7. The molecule has 112 valence electrons. The van der Waals surface area contributed by atoms with Crippen LogP contribution in [0.2, 0.25) is 0 Å². The van der Waals surface area contributed by atoms with E-state index in [1.807, 2.05) is 0 Å². The average Bonchev–Trinajstić information content (AvgIpc) is 2.45. The molecular formula is C16H13FN2O3. The summed E-state index contributed by atoms with van der Waals surface area (Å²) < 4.78 is 12.9. The summed E-state index contributed by atoms with van der Waals surface area (Å²) in [6.07, 6.45) is 5.18. The molecule has 5 nitrogen and oxygen atoms in total. The first-order chi connectivity index (χ1) is 10.5. The average molecular weight is 300 g/mol. The third-order valence-corrected chi connectivity index (χ3v) is 2.88. The molecule has 0 aliphatic carbocycles. The van der Waals surface area contributed by atoms with Gasteiger partial charge in [-0.05, 0) is 48.4 Å². The lowest BCUT2D eigenvalue weighted by Gasteiger charge is -2.05. The predicted octanol–water partition coefficient (Wildman–Crippen LogP) is 2.88. The van der Waals surface area contributed by atoms with Crippen LogP contribution in [0.15, 0.2) is 42.7 Å². The van der Waals surface area contributed by atoms with Gasteiger partial charge in [0.15, 0.2) is 0 Å². The molecule has 1 heterocycles. The maximum absolute atomic E-state index is 12.9. The van der Waals surface area contributed by atoms with Crippen LogP contribution >= 0.6 is 0 Å². The molecular weight excluding hydrogens is 287 g/mol. The number of hydrogen-bond acceptors (Lipinski definition) is 3. The summed E-state index contributed by atoms with van der Waals surface area (Å²) in [6.45, 7) is 1.65.